The van der Waals surface area contributed by atoms with Crippen LogP contribution in [0.15, 0.2) is 83.8 Å². The minimum absolute atomic E-state index is 0.111. The van der Waals surface area contributed by atoms with Gasteiger partial charge in [0.2, 0.25) is 0 Å². The summed E-state index contributed by atoms with van der Waals surface area (Å²) in [6.45, 7) is 7.02. The standard InChI is InChI=1S/C29H27NO4S2/c1-29(2,3)22-13-9-20(10-14-22)18-34-23-15-11-19(12-16-23)17-24-26(31)30(28(35)36-24)25(27(32)33)21-7-5-4-6-8-21/h4-17,25H,18H2,1-3H3,(H,32,33)/b24-17+. The second-order valence-corrected chi connectivity index (χ2v) is 11.2. The smallest absolute Gasteiger partial charge is 0.331 e. The van der Waals surface area contributed by atoms with E-state index in [0.717, 1.165) is 28.6 Å². The van der Waals surface area contributed by atoms with Gasteiger partial charge in [0.25, 0.3) is 5.91 Å². The lowest BCUT2D eigenvalue weighted by molar-refractivity contribution is -0.145. The van der Waals surface area contributed by atoms with Crippen LogP contribution in [0.5, 0.6) is 5.75 Å². The molecule has 0 spiro atoms. The van der Waals surface area contributed by atoms with Crippen molar-refractivity contribution >= 4 is 46.3 Å². The maximum Gasteiger partial charge on any atom is 0.331 e. The van der Waals surface area contributed by atoms with Crippen LogP contribution in [-0.4, -0.2) is 26.2 Å². The number of thioether (sulfide) groups is 1. The van der Waals surface area contributed by atoms with Crippen molar-refractivity contribution in [3.8, 4) is 5.75 Å². The number of nitrogens with zero attached hydrogens (tertiary/aromatic N) is 1. The lowest BCUT2D eigenvalue weighted by atomic mass is 9.87. The van der Waals surface area contributed by atoms with Gasteiger partial charge in [-0.15, -0.1) is 0 Å². The Morgan fingerprint density at radius 3 is 2.25 bits per heavy atom. The molecule has 0 radical (unpaired) electrons. The summed E-state index contributed by atoms with van der Waals surface area (Å²) < 4.78 is 6.14. The number of thiocarbonyl (C=S) groups is 1. The molecule has 0 aromatic heterocycles. The summed E-state index contributed by atoms with van der Waals surface area (Å²) in [5.74, 6) is -0.830. The predicted molar refractivity (Wildman–Crippen MR) is 148 cm³/mol. The highest BCUT2D eigenvalue weighted by atomic mass is 32.2. The maximum atomic E-state index is 13.1. The molecule has 184 valence electrons. The minimum Gasteiger partial charge on any atom is -0.489 e. The van der Waals surface area contributed by atoms with E-state index in [0.29, 0.717) is 17.1 Å². The van der Waals surface area contributed by atoms with Crippen LogP contribution in [0.2, 0.25) is 0 Å². The number of carboxylic acids is 1. The second-order valence-electron chi connectivity index (χ2n) is 9.51. The molecule has 3 aromatic rings. The zero-order valence-corrected chi connectivity index (χ0v) is 21.9. The predicted octanol–water partition coefficient (Wildman–Crippen LogP) is 6.59. The minimum atomic E-state index is -1.17. The first-order chi connectivity index (χ1) is 17.1. The largest absolute Gasteiger partial charge is 0.489 e. The molecule has 1 atom stereocenters. The molecule has 0 saturated carbocycles. The fourth-order valence-corrected chi connectivity index (χ4v) is 5.13. The Labute approximate surface area is 220 Å². The average Bonchev–Trinajstić information content (AvgIpc) is 3.12. The van der Waals surface area contributed by atoms with E-state index in [1.54, 1.807) is 36.4 Å². The van der Waals surface area contributed by atoms with E-state index < -0.39 is 17.9 Å². The van der Waals surface area contributed by atoms with Crippen LogP contribution in [0.1, 0.15) is 49.1 Å². The third-order valence-corrected chi connectivity index (χ3v) is 7.16. The lowest BCUT2D eigenvalue weighted by Gasteiger charge is -2.23. The van der Waals surface area contributed by atoms with Crippen molar-refractivity contribution < 1.29 is 19.4 Å². The summed E-state index contributed by atoms with van der Waals surface area (Å²) in [5, 5.41) is 9.81. The molecule has 1 N–H and O–H groups in total. The fourth-order valence-electron chi connectivity index (χ4n) is 3.82. The van der Waals surface area contributed by atoms with E-state index in [9.17, 15) is 14.7 Å². The molecule has 0 aliphatic carbocycles. The highest BCUT2D eigenvalue weighted by Crippen LogP contribution is 2.38. The number of ether oxygens (including phenoxy) is 1. The van der Waals surface area contributed by atoms with Gasteiger partial charge in [-0.05, 0) is 45.9 Å². The zero-order valence-electron chi connectivity index (χ0n) is 20.3. The number of carbonyl (C=O) groups excluding carboxylic acids is 1. The number of benzene rings is 3. The monoisotopic (exact) mass is 517 g/mol. The van der Waals surface area contributed by atoms with E-state index in [4.69, 9.17) is 17.0 Å². The molecule has 1 saturated heterocycles. The van der Waals surface area contributed by atoms with E-state index >= 15 is 0 Å². The molecule has 0 bridgehead atoms. The molecule has 7 heteroatoms. The molecule has 3 aromatic carbocycles. The second kappa shape index (κ2) is 10.7. The molecule has 1 unspecified atom stereocenters. The summed E-state index contributed by atoms with van der Waals surface area (Å²) in [6.07, 6.45) is 1.72. The summed E-state index contributed by atoms with van der Waals surface area (Å²) in [6, 6.07) is 23.3. The van der Waals surface area contributed by atoms with Crippen LogP contribution in [-0.2, 0) is 21.6 Å². The van der Waals surface area contributed by atoms with Gasteiger partial charge >= 0.3 is 5.97 Å². The van der Waals surface area contributed by atoms with Crippen LogP contribution in [0.25, 0.3) is 6.08 Å². The van der Waals surface area contributed by atoms with Gasteiger partial charge in [-0.25, -0.2) is 4.79 Å². The normalized spacial score (nSPS) is 15.9. The third kappa shape index (κ3) is 5.86. The molecule has 1 fully saturated rings. The Balaban J connectivity index is 1.44. The number of carbonyl (C=O) groups is 2. The molecule has 1 aliphatic rings. The molecular weight excluding hydrogens is 490 g/mol. The Kier molecular flexibility index (Phi) is 7.62. The molecule has 1 heterocycles. The van der Waals surface area contributed by atoms with Crippen molar-refractivity contribution in [2.75, 3.05) is 0 Å². The molecule has 36 heavy (non-hydrogen) atoms. The first-order valence-corrected chi connectivity index (χ1v) is 12.7. The Morgan fingerprint density at radius 1 is 1.03 bits per heavy atom. The van der Waals surface area contributed by atoms with Crippen molar-refractivity contribution in [3.05, 3.63) is 106 Å². The van der Waals surface area contributed by atoms with Crippen LogP contribution in [0.3, 0.4) is 0 Å². The number of amides is 1. The van der Waals surface area contributed by atoms with E-state index in [2.05, 4.69) is 45.0 Å². The van der Waals surface area contributed by atoms with Gasteiger partial charge < -0.3 is 9.84 Å². The topological polar surface area (TPSA) is 66.8 Å². The van der Waals surface area contributed by atoms with E-state index in [-0.39, 0.29) is 9.74 Å². The van der Waals surface area contributed by atoms with Gasteiger partial charge in [-0.1, -0.05) is 111 Å². The first-order valence-electron chi connectivity index (χ1n) is 11.5. The lowest BCUT2D eigenvalue weighted by Crippen LogP contribution is -2.37. The fraction of sp³-hybridized carbons (Fsp3) is 0.207. The number of rotatable bonds is 7. The van der Waals surface area contributed by atoms with Gasteiger partial charge in [0.1, 0.15) is 16.7 Å². The van der Waals surface area contributed by atoms with Crippen molar-refractivity contribution in [1.82, 2.24) is 4.90 Å². The van der Waals surface area contributed by atoms with Crippen molar-refractivity contribution in [1.29, 1.82) is 0 Å². The number of hydrogen-bond acceptors (Lipinski definition) is 5. The average molecular weight is 518 g/mol. The van der Waals surface area contributed by atoms with E-state index in [1.807, 2.05) is 24.3 Å². The SMILES string of the molecule is CC(C)(C)c1ccc(COc2ccc(/C=C3/SC(=S)N(C(C(=O)O)c4ccccc4)C3=O)cc2)cc1. The van der Waals surface area contributed by atoms with Crippen LogP contribution in [0, 0.1) is 0 Å². The van der Waals surface area contributed by atoms with Crippen molar-refractivity contribution in [3.63, 3.8) is 0 Å². The Morgan fingerprint density at radius 2 is 1.67 bits per heavy atom. The van der Waals surface area contributed by atoms with Crippen LogP contribution >= 0.6 is 24.0 Å². The summed E-state index contributed by atoms with van der Waals surface area (Å²) in [7, 11) is 0. The maximum absolute atomic E-state index is 13.1. The molecular formula is C29H27NO4S2. The third-order valence-electron chi connectivity index (χ3n) is 5.83. The van der Waals surface area contributed by atoms with E-state index in [1.165, 1.54) is 10.5 Å². The van der Waals surface area contributed by atoms with Gasteiger partial charge in [0, 0.05) is 0 Å². The zero-order chi connectivity index (χ0) is 25.9. The first kappa shape index (κ1) is 25.7. The molecule has 1 aliphatic heterocycles. The highest BCUT2D eigenvalue weighted by Gasteiger charge is 2.41. The molecule has 1 amide bonds. The number of hydrogen-bond donors (Lipinski definition) is 1. The highest BCUT2D eigenvalue weighted by molar-refractivity contribution is 8.26. The van der Waals surface area contributed by atoms with Crippen LogP contribution in [0.4, 0.5) is 0 Å². The van der Waals surface area contributed by atoms with Crippen LogP contribution < -0.4 is 4.74 Å². The number of carboxylic acid groups (broad SMARTS) is 1. The summed E-state index contributed by atoms with van der Waals surface area (Å²) >= 11 is 6.49. The molecule has 5 nitrogen and oxygen atoms in total. The Hall–Kier alpha value is -3.42. The van der Waals surface area contributed by atoms with Crippen molar-refractivity contribution in [2.45, 2.75) is 38.8 Å². The Bertz CT molecular complexity index is 1290. The quantitative estimate of drug-likeness (QED) is 0.282. The molecule has 4 rings (SSSR count). The number of aliphatic carboxylic acids is 1. The summed E-state index contributed by atoms with van der Waals surface area (Å²) in [5.41, 5.74) is 3.77. The van der Waals surface area contributed by atoms with Crippen molar-refractivity contribution in [2.24, 2.45) is 0 Å². The van der Waals surface area contributed by atoms with Gasteiger partial charge in [-0.2, -0.15) is 0 Å². The van der Waals surface area contributed by atoms with Gasteiger partial charge in [0.05, 0.1) is 4.91 Å². The van der Waals surface area contributed by atoms with Gasteiger partial charge in [0.15, 0.2) is 6.04 Å². The summed E-state index contributed by atoms with van der Waals surface area (Å²) in [4.78, 5) is 26.7. The van der Waals surface area contributed by atoms with Gasteiger partial charge in [-0.3, -0.25) is 9.69 Å².